The van der Waals surface area contributed by atoms with Crippen LogP contribution in [0.1, 0.15) is 16.7 Å². The van der Waals surface area contributed by atoms with Gasteiger partial charge in [-0.3, -0.25) is 14.5 Å². The van der Waals surface area contributed by atoms with Crippen LogP contribution < -0.4 is 10.6 Å². The molecule has 0 atom stereocenters. The minimum Gasteiger partial charge on any atom is -0.351 e. The van der Waals surface area contributed by atoms with Gasteiger partial charge in [0.25, 0.3) is 0 Å². The minimum atomic E-state index is -0.149. The number of nitrogens with one attached hydrogen (secondary N) is 2. The van der Waals surface area contributed by atoms with E-state index in [1.54, 1.807) is 18.0 Å². The van der Waals surface area contributed by atoms with Gasteiger partial charge in [0.05, 0.1) is 13.1 Å². The Morgan fingerprint density at radius 3 is 2.50 bits per heavy atom. The van der Waals surface area contributed by atoms with Crippen molar-refractivity contribution in [1.29, 1.82) is 0 Å². The lowest BCUT2D eigenvalue weighted by molar-refractivity contribution is -0.123. The summed E-state index contributed by atoms with van der Waals surface area (Å²) in [6, 6.07) is 13.2. The van der Waals surface area contributed by atoms with Crippen LogP contribution in [0.25, 0.3) is 0 Å². The summed E-state index contributed by atoms with van der Waals surface area (Å²) in [4.78, 5) is 25.9. The zero-order valence-corrected chi connectivity index (χ0v) is 16.1. The molecule has 0 saturated heterocycles. The highest BCUT2D eigenvalue weighted by Crippen LogP contribution is 2.16. The molecule has 0 bridgehead atoms. The average Bonchev–Trinajstić information content (AvgIpc) is 2.56. The quantitative estimate of drug-likeness (QED) is 0.783. The number of amides is 2. The number of hydrogen-bond donors (Lipinski definition) is 2. The maximum Gasteiger partial charge on any atom is 0.238 e. The van der Waals surface area contributed by atoms with Gasteiger partial charge in [0.2, 0.25) is 11.8 Å². The van der Waals surface area contributed by atoms with Crippen LogP contribution >= 0.6 is 11.6 Å². The van der Waals surface area contributed by atoms with Gasteiger partial charge in [-0.05, 0) is 55.8 Å². The highest BCUT2D eigenvalue weighted by atomic mass is 35.5. The first-order chi connectivity index (χ1) is 12.3. The van der Waals surface area contributed by atoms with Crippen LogP contribution in [0, 0.1) is 13.8 Å². The maximum atomic E-state index is 12.2. The van der Waals surface area contributed by atoms with Crippen molar-refractivity contribution in [2.24, 2.45) is 0 Å². The van der Waals surface area contributed by atoms with Crippen molar-refractivity contribution in [1.82, 2.24) is 10.2 Å². The third-order valence-corrected chi connectivity index (χ3v) is 4.11. The van der Waals surface area contributed by atoms with Crippen LogP contribution in [-0.4, -0.2) is 36.9 Å². The summed E-state index contributed by atoms with van der Waals surface area (Å²) in [5, 5.41) is 6.35. The number of nitrogens with zero attached hydrogens (tertiary/aromatic N) is 1. The van der Waals surface area contributed by atoms with Gasteiger partial charge < -0.3 is 10.6 Å². The molecule has 2 aromatic carbocycles. The van der Waals surface area contributed by atoms with Gasteiger partial charge in [-0.2, -0.15) is 0 Å². The summed E-state index contributed by atoms with van der Waals surface area (Å²) in [7, 11) is 1.74. The first kappa shape index (κ1) is 19.9. The second-order valence-corrected chi connectivity index (χ2v) is 6.88. The average molecular weight is 374 g/mol. The van der Waals surface area contributed by atoms with E-state index in [4.69, 9.17) is 11.6 Å². The van der Waals surface area contributed by atoms with E-state index < -0.39 is 0 Å². The molecule has 0 radical (unpaired) electrons. The van der Waals surface area contributed by atoms with E-state index in [-0.39, 0.29) is 24.9 Å². The Hall–Kier alpha value is -2.37. The van der Waals surface area contributed by atoms with E-state index in [2.05, 4.69) is 10.6 Å². The van der Waals surface area contributed by atoms with Crippen molar-refractivity contribution < 1.29 is 9.59 Å². The molecule has 138 valence electrons. The van der Waals surface area contributed by atoms with Crippen molar-refractivity contribution >= 4 is 29.1 Å². The summed E-state index contributed by atoms with van der Waals surface area (Å²) in [5.41, 5.74) is 3.82. The molecule has 6 heteroatoms. The standard InChI is InChI=1S/C20H24ClN3O2/c1-14-7-8-15(2)18(9-14)23-20(26)13-24(3)12-19(25)22-11-16-5-4-6-17(21)10-16/h4-10H,11-13H2,1-3H3,(H,22,25)(H,23,26). The Kier molecular flexibility index (Phi) is 7.18. The molecule has 0 fully saturated rings. The number of hydrogen-bond acceptors (Lipinski definition) is 3. The minimum absolute atomic E-state index is 0.137. The Morgan fingerprint density at radius 1 is 1.04 bits per heavy atom. The van der Waals surface area contributed by atoms with Crippen LogP contribution in [0.2, 0.25) is 5.02 Å². The highest BCUT2D eigenvalue weighted by Gasteiger charge is 2.12. The normalized spacial score (nSPS) is 10.7. The SMILES string of the molecule is Cc1ccc(C)c(NC(=O)CN(C)CC(=O)NCc2cccc(Cl)c2)c1. The Balaban J connectivity index is 1.78. The molecule has 2 N–H and O–H groups in total. The zero-order valence-electron chi connectivity index (χ0n) is 15.3. The number of aryl methyl sites for hydroxylation is 2. The second-order valence-electron chi connectivity index (χ2n) is 6.45. The van der Waals surface area contributed by atoms with E-state index in [9.17, 15) is 9.59 Å². The van der Waals surface area contributed by atoms with Crippen molar-refractivity contribution in [3.63, 3.8) is 0 Å². The summed E-state index contributed by atoms with van der Waals surface area (Å²) in [5.74, 6) is -0.296. The van der Waals surface area contributed by atoms with E-state index in [0.29, 0.717) is 11.6 Å². The van der Waals surface area contributed by atoms with Crippen molar-refractivity contribution in [3.8, 4) is 0 Å². The lowest BCUT2D eigenvalue weighted by atomic mass is 10.1. The summed E-state index contributed by atoms with van der Waals surface area (Å²) >= 11 is 5.92. The lowest BCUT2D eigenvalue weighted by Gasteiger charge is -2.17. The molecule has 0 aliphatic heterocycles. The van der Waals surface area contributed by atoms with Gasteiger partial charge >= 0.3 is 0 Å². The van der Waals surface area contributed by atoms with E-state index in [1.165, 1.54) is 0 Å². The molecule has 2 amide bonds. The number of halogens is 1. The number of anilines is 1. The molecular formula is C20H24ClN3O2. The molecule has 0 unspecified atom stereocenters. The molecule has 2 aromatic rings. The maximum absolute atomic E-state index is 12.2. The van der Waals surface area contributed by atoms with Crippen molar-refractivity contribution in [3.05, 3.63) is 64.2 Å². The van der Waals surface area contributed by atoms with Gasteiger partial charge in [-0.1, -0.05) is 35.9 Å². The van der Waals surface area contributed by atoms with E-state index in [1.807, 2.05) is 50.2 Å². The fourth-order valence-electron chi connectivity index (χ4n) is 2.51. The molecule has 0 aliphatic rings. The second kappa shape index (κ2) is 9.36. The predicted molar refractivity (Wildman–Crippen MR) is 105 cm³/mol. The smallest absolute Gasteiger partial charge is 0.238 e. The molecule has 0 heterocycles. The molecule has 0 saturated carbocycles. The van der Waals surface area contributed by atoms with E-state index in [0.717, 1.165) is 22.4 Å². The van der Waals surface area contributed by atoms with Gasteiger partial charge in [-0.15, -0.1) is 0 Å². The number of likely N-dealkylation sites (N-methyl/N-ethyl adjacent to an activating group) is 1. The molecule has 26 heavy (non-hydrogen) atoms. The first-order valence-electron chi connectivity index (χ1n) is 8.40. The van der Waals surface area contributed by atoms with Crippen LogP contribution in [0.4, 0.5) is 5.69 Å². The van der Waals surface area contributed by atoms with Gasteiger partial charge in [0.1, 0.15) is 0 Å². The fraction of sp³-hybridized carbons (Fsp3) is 0.300. The van der Waals surface area contributed by atoms with E-state index >= 15 is 0 Å². The molecule has 2 rings (SSSR count). The summed E-state index contributed by atoms with van der Waals surface area (Å²) in [6.07, 6.45) is 0. The molecule has 0 aromatic heterocycles. The molecule has 0 aliphatic carbocycles. The highest BCUT2D eigenvalue weighted by molar-refractivity contribution is 6.30. The third-order valence-electron chi connectivity index (χ3n) is 3.87. The third kappa shape index (κ3) is 6.50. The Bertz CT molecular complexity index is 792. The monoisotopic (exact) mass is 373 g/mol. The van der Waals surface area contributed by atoms with Crippen LogP contribution in [0.5, 0.6) is 0 Å². The molecule has 5 nitrogen and oxygen atoms in total. The summed E-state index contributed by atoms with van der Waals surface area (Å²) < 4.78 is 0. The van der Waals surface area contributed by atoms with Crippen molar-refractivity contribution in [2.75, 3.05) is 25.5 Å². The number of carbonyl (C=O) groups excluding carboxylic acids is 2. The van der Waals surface area contributed by atoms with Crippen LogP contribution in [-0.2, 0) is 16.1 Å². The summed E-state index contributed by atoms with van der Waals surface area (Å²) in [6.45, 7) is 4.61. The van der Waals surface area contributed by atoms with Crippen LogP contribution in [0.15, 0.2) is 42.5 Å². The topological polar surface area (TPSA) is 61.4 Å². The van der Waals surface area contributed by atoms with Crippen LogP contribution in [0.3, 0.4) is 0 Å². The number of rotatable bonds is 7. The zero-order chi connectivity index (χ0) is 19.1. The largest absolute Gasteiger partial charge is 0.351 e. The van der Waals surface area contributed by atoms with Gasteiger partial charge in [0.15, 0.2) is 0 Å². The van der Waals surface area contributed by atoms with Gasteiger partial charge in [-0.25, -0.2) is 0 Å². The number of carbonyl (C=O) groups is 2. The van der Waals surface area contributed by atoms with Crippen molar-refractivity contribution in [2.45, 2.75) is 20.4 Å². The lowest BCUT2D eigenvalue weighted by Crippen LogP contribution is -2.38. The first-order valence-corrected chi connectivity index (χ1v) is 8.78. The molecule has 0 spiro atoms. The Labute approximate surface area is 159 Å². The van der Waals surface area contributed by atoms with Gasteiger partial charge in [0, 0.05) is 17.3 Å². The fourth-order valence-corrected chi connectivity index (χ4v) is 2.72. The number of benzene rings is 2. The predicted octanol–water partition coefficient (Wildman–Crippen LogP) is 3.14. The molecular weight excluding hydrogens is 350 g/mol. The Morgan fingerprint density at radius 2 is 1.77 bits per heavy atom.